The number of carbonyl (C=O) groups is 2. The number of halogens is 1. The van der Waals surface area contributed by atoms with E-state index in [1.807, 2.05) is 37.4 Å². The van der Waals surface area contributed by atoms with Gasteiger partial charge in [-0.2, -0.15) is 0 Å². The molecule has 0 radical (unpaired) electrons. The minimum absolute atomic E-state index is 0.0230. The van der Waals surface area contributed by atoms with Crippen LogP contribution in [-0.4, -0.2) is 53.5 Å². The molecule has 1 heterocycles. The Kier molecular flexibility index (Phi) is 9.78. The highest BCUT2D eigenvalue weighted by atomic mass is 32.2. The van der Waals surface area contributed by atoms with Gasteiger partial charge < -0.3 is 25.2 Å². The molecule has 0 bridgehead atoms. The number of aliphatic hydroxyl groups is 1. The third-order valence-corrected chi connectivity index (χ3v) is 7.17. The number of thioether (sulfide) groups is 1. The number of nitrogens with one attached hydrogen (secondary N) is 2. The number of hydrogen-bond acceptors (Lipinski definition) is 7. The van der Waals surface area contributed by atoms with Crippen LogP contribution in [0.25, 0.3) is 0 Å². The smallest absolute Gasteiger partial charge is 0.257 e. The van der Waals surface area contributed by atoms with Crippen molar-refractivity contribution in [3.05, 3.63) is 77.2 Å². The predicted octanol–water partition coefficient (Wildman–Crippen LogP) is 4.89. The summed E-state index contributed by atoms with van der Waals surface area (Å²) in [5.41, 5.74) is 1.37. The van der Waals surface area contributed by atoms with Crippen LogP contribution in [0, 0.1) is 12.7 Å². The van der Waals surface area contributed by atoms with Gasteiger partial charge in [0.05, 0.1) is 18.4 Å². The molecular formula is C29H32FN3O5S. The maximum Gasteiger partial charge on any atom is 0.257 e. The molecule has 1 fully saturated rings. The van der Waals surface area contributed by atoms with Gasteiger partial charge >= 0.3 is 0 Å². The molecule has 1 aliphatic carbocycles. The van der Waals surface area contributed by atoms with Crippen LogP contribution >= 0.6 is 11.8 Å². The fourth-order valence-corrected chi connectivity index (χ4v) is 4.91. The fourth-order valence-electron chi connectivity index (χ4n) is 4.46. The van der Waals surface area contributed by atoms with Crippen molar-refractivity contribution in [2.24, 2.45) is 0 Å². The lowest BCUT2D eigenvalue weighted by Crippen LogP contribution is -2.44. The number of amides is 2. The van der Waals surface area contributed by atoms with E-state index >= 15 is 0 Å². The van der Waals surface area contributed by atoms with Crippen molar-refractivity contribution < 1.29 is 28.6 Å². The molecule has 206 valence electrons. The van der Waals surface area contributed by atoms with Crippen molar-refractivity contribution >= 4 is 23.6 Å². The molecule has 1 saturated carbocycles. The standard InChI is InChI=1S/C29H32FN3O5S/c1-18-6-11-26(37-13-12-34)24(14-18)27(35)32-20-7-9-21(10-8-20)33-28(36)25-15-19(30)17-31-29(25)38-22-4-3-5-23(16-22)39-2/h3-6,11,14-17,20-21,34H,7-10,12-13H2,1-2H3,(H,32,35)(H,33,36). The van der Waals surface area contributed by atoms with Crippen LogP contribution < -0.4 is 20.1 Å². The number of pyridine rings is 1. The van der Waals surface area contributed by atoms with Gasteiger partial charge in [-0.3, -0.25) is 9.59 Å². The van der Waals surface area contributed by atoms with Crippen molar-refractivity contribution in [3.63, 3.8) is 0 Å². The van der Waals surface area contributed by atoms with E-state index in [2.05, 4.69) is 15.6 Å². The highest BCUT2D eigenvalue weighted by Crippen LogP contribution is 2.28. The average molecular weight is 554 g/mol. The van der Waals surface area contributed by atoms with Gasteiger partial charge in [-0.25, -0.2) is 9.37 Å². The second-order valence-corrected chi connectivity index (χ2v) is 10.2. The largest absolute Gasteiger partial charge is 0.490 e. The van der Waals surface area contributed by atoms with Crippen LogP contribution in [-0.2, 0) is 0 Å². The van der Waals surface area contributed by atoms with E-state index in [0.717, 1.165) is 22.7 Å². The molecular weight excluding hydrogens is 521 g/mol. The maximum atomic E-state index is 14.0. The molecule has 2 aromatic carbocycles. The minimum Gasteiger partial charge on any atom is -0.490 e. The van der Waals surface area contributed by atoms with Gasteiger partial charge in [-0.05, 0) is 75.3 Å². The number of carbonyl (C=O) groups excluding carboxylic acids is 2. The van der Waals surface area contributed by atoms with E-state index in [1.165, 1.54) is 0 Å². The quantitative estimate of drug-likeness (QED) is 0.307. The number of rotatable bonds is 10. The summed E-state index contributed by atoms with van der Waals surface area (Å²) < 4.78 is 25.4. The molecule has 4 rings (SSSR count). The van der Waals surface area contributed by atoms with E-state index in [1.54, 1.807) is 30.0 Å². The van der Waals surface area contributed by atoms with Crippen molar-refractivity contribution in [1.29, 1.82) is 0 Å². The van der Waals surface area contributed by atoms with Gasteiger partial charge in [-0.15, -0.1) is 11.8 Å². The van der Waals surface area contributed by atoms with Gasteiger partial charge in [0, 0.05) is 17.0 Å². The van der Waals surface area contributed by atoms with E-state index in [0.29, 0.717) is 42.7 Å². The average Bonchev–Trinajstić information content (AvgIpc) is 2.94. The Morgan fingerprint density at radius 3 is 2.38 bits per heavy atom. The summed E-state index contributed by atoms with van der Waals surface area (Å²) in [6.07, 6.45) is 5.60. The Morgan fingerprint density at radius 2 is 1.72 bits per heavy atom. The zero-order valence-electron chi connectivity index (χ0n) is 21.9. The summed E-state index contributed by atoms with van der Waals surface area (Å²) in [6, 6.07) is 13.6. The zero-order valence-corrected chi connectivity index (χ0v) is 22.7. The molecule has 3 aromatic rings. The lowest BCUT2D eigenvalue weighted by Gasteiger charge is -2.30. The number of aliphatic hydroxyl groups excluding tert-OH is 1. The normalized spacial score (nSPS) is 16.8. The molecule has 0 spiro atoms. The van der Waals surface area contributed by atoms with E-state index in [-0.39, 0.29) is 42.6 Å². The first-order chi connectivity index (χ1) is 18.9. The van der Waals surface area contributed by atoms with Crippen LogP contribution in [0.4, 0.5) is 4.39 Å². The van der Waals surface area contributed by atoms with Crippen LogP contribution in [0.1, 0.15) is 52.0 Å². The highest BCUT2D eigenvalue weighted by molar-refractivity contribution is 7.98. The number of nitrogens with zero attached hydrogens (tertiary/aromatic N) is 1. The van der Waals surface area contributed by atoms with Crippen LogP contribution in [0.15, 0.2) is 59.6 Å². The van der Waals surface area contributed by atoms with E-state index in [4.69, 9.17) is 14.6 Å². The molecule has 1 aromatic heterocycles. The van der Waals surface area contributed by atoms with Crippen LogP contribution in [0.3, 0.4) is 0 Å². The first-order valence-electron chi connectivity index (χ1n) is 12.8. The molecule has 2 amide bonds. The zero-order chi connectivity index (χ0) is 27.8. The lowest BCUT2D eigenvalue weighted by molar-refractivity contribution is 0.0887. The van der Waals surface area contributed by atoms with Gasteiger partial charge in [0.15, 0.2) is 0 Å². The summed E-state index contributed by atoms with van der Waals surface area (Å²) in [5.74, 6) is -0.367. The van der Waals surface area contributed by atoms with Gasteiger partial charge in [0.2, 0.25) is 5.88 Å². The molecule has 0 atom stereocenters. The van der Waals surface area contributed by atoms with Gasteiger partial charge in [0.1, 0.15) is 29.5 Å². The summed E-state index contributed by atoms with van der Waals surface area (Å²) >= 11 is 1.56. The van der Waals surface area contributed by atoms with Crippen LogP contribution in [0.2, 0.25) is 0 Å². The number of aromatic nitrogens is 1. The Bertz CT molecular complexity index is 1310. The monoisotopic (exact) mass is 553 g/mol. The molecule has 1 aliphatic rings. The third-order valence-electron chi connectivity index (χ3n) is 6.44. The molecule has 3 N–H and O–H groups in total. The van der Waals surface area contributed by atoms with Gasteiger partial charge in [0.25, 0.3) is 11.8 Å². The molecule has 0 aliphatic heterocycles. The first-order valence-corrected chi connectivity index (χ1v) is 14.0. The number of aryl methyl sites for hydroxylation is 1. The van der Waals surface area contributed by atoms with Crippen LogP contribution in [0.5, 0.6) is 17.4 Å². The lowest BCUT2D eigenvalue weighted by atomic mass is 9.90. The third kappa shape index (κ3) is 7.70. The van der Waals surface area contributed by atoms with Crippen molar-refractivity contribution in [2.45, 2.75) is 49.6 Å². The number of benzene rings is 2. The van der Waals surface area contributed by atoms with E-state index < -0.39 is 11.7 Å². The molecule has 39 heavy (non-hydrogen) atoms. The Balaban J connectivity index is 1.35. The van der Waals surface area contributed by atoms with Crippen molar-refractivity contribution in [2.75, 3.05) is 19.5 Å². The summed E-state index contributed by atoms with van der Waals surface area (Å²) in [7, 11) is 0. The maximum absolute atomic E-state index is 14.0. The SMILES string of the molecule is CSc1cccc(Oc2ncc(F)cc2C(=O)NC2CCC(NC(=O)c3cc(C)ccc3OCCO)CC2)c1. The highest BCUT2D eigenvalue weighted by Gasteiger charge is 2.26. The Morgan fingerprint density at radius 1 is 1.03 bits per heavy atom. The van der Waals surface area contributed by atoms with Gasteiger partial charge in [-0.1, -0.05) is 17.7 Å². The molecule has 0 unspecified atom stereocenters. The molecule has 8 nitrogen and oxygen atoms in total. The summed E-state index contributed by atoms with van der Waals surface area (Å²) in [4.78, 5) is 31.1. The van der Waals surface area contributed by atoms with Crippen molar-refractivity contribution in [3.8, 4) is 17.4 Å². The summed E-state index contributed by atoms with van der Waals surface area (Å²) in [5, 5.41) is 15.1. The second-order valence-electron chi connectivity index (χ2n) is 9.35. The van der Waals surface area contributed by atoms with Crippen molar-refractivity contribution in [1.82, 2.24) is 15.6 Å². The fraction of sp³-hybridized carbons (Fsp3) is 0.345. The Labute approximate surface area is 231 Å². The first kappa shape index (κ1) is 28.4. The van der Waals surface area contributed by atoms with E-state index in [9.17, 15) is 14.0 Å². The molecule has 10 heteroatoms. The molecule has 0 saturated heterocycles. The topological polar surface area (TPSA) is 110 Å². The minimum atomic E-state index is -0.629. The second kappa shape index (κ2) is 13.4. The summed E-state index contributed by atoms with van der Waals surface area (Å²) in [6.45, 7) is 1.85. The Hall–Kier alpha value is -3.63. The number of hydrogen-bond donors (Lipinski definition) is 3. The number of ether oxygens (including phenoxy) is 2. The predicted molar refractivity (Wildman–Crippen MR) is 147 cm³/mol.